The van der Waals surface area contributed by atoms with E-state index >= 15 is 0 Å². The lowest BCUT2D eigenvalue weighted by molar-refractivity contribution is -0.122. The van der Waals surface area contributed by atoms with Crippen molar-refractivity contribution in [2.75, 3.05) is 40.0 Å². The standard InChI is InChI=1S/C24H38N2O3.C7H16.CH4O/c1-2-3-4-5-6-7-10-24(27)25-21(19-26-13-8-9-14-26)17-20-11-12-22-23(18-20)29-16-15-28-22;1-3-5-7-6-4-2;1-2/h11-12,18,21H,2-10,13-17,19H2,1H3,(H,25,27);3-7H2,1-2H3;2H,1H3. The lowest BCUT2D eigenvalue weighted by Gasteiger charge is -2.25. The highest BCUT2D eigenvalue weighted by atomic mass is 16.6. The first-order chi connectivity index (χ1) is 18.7. The van der Waals surface area contributed by atoms with Gasteiger partial charge in [-0.1, -0.05) is 91.0 Å². The van der Waals surface area contributed by atoms with Gasteiger partial charge in [0.25, 0.3) is 0 Å². The summed E-state index contributed by atoms with van der Waals surface area (Å²) < 4.78 is 11.4. The molecule has 1 atom stereocenters. The maximum absolute atomic E-state index is 12.6. The highest BCUT2D eigenvalue weighted by Crippen LogP contribution is 2.31. The van der Waals surface area contributed by atoms with E-state index in [1.54, 1.807) is 0 Å². The number of aliphatic hydroxyl groups is 1. The second-order valence-corrected chi connectivity index (χ2v) is 10.5. The largest absolute Gasteiger partial charge is 0.486 e. The lowest BCUT2D eigenvalue weighted by atomic mass is 10.0. The fourth-order valence-corrected chi connectivity index (χ4v) is 4.98. The second-order valence-electron chi connectivity index (χ2n) is 10.5. The van der Waals surface area contributed by atoms with Gasteiger partial charge in [-0.3, -0.25) is 4.79 Å². The van der Waals surface area contributed by atoms with Gasteiger partial charge in [0.05, 0.1) is 0 Å². The molecule has 0 aromatic heterocycles. The van der Waals surface area contributed by atoms with Gasteiger partial charge in [0, 0.05) is 26.1 Å². The minimum atomic E-state index is 0.142. The van der Waals surface area contributed by atoms with E-state index < -0.39 is 0 Å². The summed E-state index contributed by atoms with van der Waals surface area (Å²) in [6.45, 7) is 11.1. The van der Waals surface area contributed by atoms with Crippen LogP contribution in [0.2, 0.25) is 0 Å². The Hall–Kier alpha value is -1.79. The first kappa shape index (κ1) is 34.2. The van der Waals surface area contributed by atoms with Gasteiger partial charge in [-0.25, -0.2) is 0 Å². The average molecular weight is 535 g/mol. The van der Waals surface area contributed by atoms with Gasteiger partial charge in [0.1, 0.15) is 13.2 Å². The van der Waals surface area contributed by atoms with Crippen LogP contribution in [0, 0.1) is 0 Å². The van der Waals surface area contributed by atoms with Crippen LogP contribution in [-0.4, -0.2) is 61.9 Å². The summed E-state index contributed by atoms with van der Waals surface area (Å²) >= 11 is 0. The fourth-order valence-electron chi connectivity index (χ4n) is 4.98. The number of nitrogens with one attached hydrogen (secondary N) is 1. The number of carbonyl (C=O) groups is 1. The van der Waals surface area contributed by atoms with Crippen molar-refractivity contribution in [3.63, 3.8) is 0 Å². The Morgan fingerprint density at radius 1 is 0.842 bits per heavy atom. The number of rotatable bonds is 16. The summed E-state index contributed by atoms with van der Waals surface area (Å²) in [6.07, 6.45) is 18.3. The zero-order valence-corrected chi connectivity index (χ0v) is 25.1. The molecule has 0 aliphatic carbocycles. The van der Waals surface area contributed by atoms with Crippen molar-refractivity contribution in [2.24, 2.45) is 0 Å². The molecule has 2 aliphatic heterocycles. The van der Waals surface area contributed by atoms with Crippen LogP contribution in [0.1, 0.15) is 116 Å². The quantitative estimate of drug-likeness (QED) is 0.225. The van der Waals surface area contributed by atoms with E-state index in [4.69, 9.17) is 14.6 Å². The Labute approximate surface area is 233 Å². The Kier molecular flexibility index (Phi) is 20.8. The molecule has 2 aliphatic rings. The predicted molar refractivity (Wildman–Crippen MR) is 159 cm³/mol. The van der Waals surface area contributed by atoms with Gasteiger partial charge in [-0.15, -0.1) is 0 Å². The van der Waals surface area contributed by atoms with Crippen LogP contribution in [0.25, 0.3) is 0 Å². The van der Waals surface area contributed by atoms with Gasteiger partial charge >= 0.3 is 0 Å². The molecule has 3 rings (SSSR count). The molecular weight excluding hydrogens is 476 g/mol. The summed E-state index contributed by atoms with van der Waals surface area (Å²) in [7, 11) is 1.00. The molecule has 220 valence electrons. The molecule has 1 aromatic carbocycles. The number of likely N-dealkylation sites (tertiary alicyclic amines) is 1. The summed E-state index contributed by atoms with van der Waals surface area (Å²) in [5.74, 6) is 1.84. The minimum absolute atomic E-state index is 0.142. The van der Waals surface area contributed by atoms with E-state index in [0.717, 1.165) is 57.5 Å². The number of hydrogen-bond acceptors (Lipinski definition) is 5. The van der Waals surface area contributed by atoms with Crippen molar-refractivity contribution in [1.82, 2.24) is 10.2 Å². The monoisotopic (exact) mass is 534 g/mol. The Balaban J connectivity index is 0.000000696. The molecule has 2 N–H and O–H groups in total. The number of hydrogen-bond donors (Lipinski definition) is 2. The summed E-state index contributed by atoms with van der Waals surface area (Å²) in [4.78, 5) is 15.0. The van der Waals surface area contributed by atoms with Crippen molar-refractivity contribution in [1.29, 1.82) is 0 Å². The number of nitrogens with zero attached hydrogens (tertiary/aromatic N) is 1. The smallest absolute Gasteiger partial charge is 0.220 e. The van der Waals surface area contributed by atoms with Gasteiger partial charge in [-0.05, 0) is 56.5 Å². The molecular formula is C32H58N2O4. The van der Waals surface area contributed by atoms with E-state index in [-0.39, 0.29) is 11.9 Å². The molecule has 0 spiro atoms. The van der Waals surface area contributed by atoms with Gasteiger partial charge in [0.15, 0.2) is 11.5 Å². The van der Waals surface area contributed by atoms with Crippen LogP contribution in [-0.2, 0) is 11.2 Å². The van der Waals surface area contributed by atoms with E-state index in [0.29, 0.717) is 19.6 Å². The fraction of sp³-hybridized carbons (Fsp3) is 0.781. The Morgan fingerprint density at radius 2 is 1.39 bits per heavy atom. The van der Waals surface area contributed by atoms with Crippen molar-refractivity contribution in [3.8, 4) is 11.5 Å². The normalized spacial score (nSPS) is 15.1. The Morgan fingerprint density at radius 3 is 2.03 bits per heavy atom. The molecule has 38 heavy (non-hydrogen) atoms. The molecule has 6 heteroatoms. The molecule has 2 heterocycles. The highest BCUT2D eigenvalue weighted by molar-refractivity contribution is 5.76. The van der Waals surface area contributed by atoms with Crippen molar-refractivity contribution in [2.45, 2.75) is 123 Å². The molecule has 0 saturated carbocycles. The zero-order valence-electron chi connectivity index (χ0n) is 25.1. The van der Waals surface area contributed by atoms with Crippen LogP contribution in [0.4, 0.5) is 0 Å². The molecule has 1 fully saturated rings. The molecule has 1 aromatic rings. The van der Waals surface area contributed by atoms with Crippen LogP contribution in [0.3, 0.4) is 0 Å². The first-order valence-electron chi connectivity index (χ1n) is 15.5. The predicted octanol–water partition coefficient (Wildman–Crippen LogP) is 6.92. The van der Waals surface area contributed by atoms with Crippen LogP contribution in [0.5, 0.6) is 11.5 Å². The molecule has 1 unspecified atom stereocenters. The van der Waals surface area contributed by atoms with Crippen molar-refractivity contribution < 1.29 is 19.4 Å². The highest BCUT2D eigenvalue weighted by Gasteiger charge is 2.21. The molecule has 0 bridgehead atoms. The third-order valence-electron chi connectivity index (χ3n) is 7.10. The zero-order chi connectivity index (χ0) is 27.8. The number of amides is 1. The minimum Gasteiger partial charge on any atom is -0.486 e. The molecule has 1 saturated heterocycles. The third kappa shape index (κ3) is 15.6. The SMILES string of the molecule is CCCCCCC.CCCCCCCCC(=O)NC(Cc1ccc2c(c1)OCCO2)CN1CCCC1.CO. The number of fused-ring (bicyclic) bond motifs is 1. The molecule has 0 radical (unpaired) electrons. The van der Waals surface area contributed by atoms with Crippen LogP contribution in [0.15, 0.2) is 18.2 Å². The van der Waals surface area contributed by atoms with E-state index in [9.17, 15) is 4.79 Å². The van der Waals surface area contributed by atoms with Crippen LogP contribution >= 0.6 is 0 Å². The van der Waals surface area contributed by atoms with Crippen LogP contribution < -0.4 is 14.8 Å². The van der Waals surface area contributed by atoms with E-state index in [2.05, 4.69) is 43.1 Å². The van der Waals surface area contributed by atoms with Gasteiger partial charge in [-0.2, -0.15) is 0 Å². The summed E-state index contributed by atoms with van der Waals surface area (Å²) in [5.41, 5.74) is 1.19. The second kappa shape index (κ2) is 23.1. The maximum atomic E-state index is 12.6. The third-order valence-corrected chi connectivity index (χ3v) is 7.10. The average Bonchev–Trinajstić information content (AvgIpc) is 3.45. The summed E-state index contributed by atoms with van der Waals surface area (Å²) in [5, 5.41) is 10.3. The number of carbonyl (C=O) groups excluding carboxylic acids is 1. The van der Waals surface area contributed by atoms with Gasteiger partial charge < -0.3 is 24.8 Å². The number of aliphatic hydroxyl groups excluding tert-OH is 1. The number of unbranched alkanes of at least 4 members (excludes halogenated alkanes) is 9. The van der Waals surface area contributed by atoms with Crippen molar-refractivity contribution in [3.05, 3.63) is 23.8 Å². The maximum Gasteiger partial charge on any atom is 0.220 e. The first-order valence-corrected chi connectivity index (χ1v) is 15.5. The van der Waals surface area contributed by atoms with E-state index in [1.807, 2.05) is 6.07 Å². The summed E-state index contributed by atoms with van der Waals surface area (Å²) in [6, 6.07) is 6.31. The Bertz CT molecular complexity index is 703. The van der Waals surface area contributed by atoms with E-state index in [1.165, 1.54) is 76.2 Å². The van der Waals surface area contributed by atoms with Gasteiger partial charge in [0.2, 0.25) is 5.91 Å². The van der Waals surface area contributed by atoms with Crippen molar-refractivity contribution >= 4 is 5.91 Å². The topological polar surface area (TPSA) is 71.0 Å². The molecule has 6 nitrogen and oxygen atoms in total. The number of ether oxygens (including phenoxy) is 2. The number of benzene rings is 1. The molecule has 1 amide bonds. The lowest BCUT2D eigenvalue weighted by Crippen LogP contribution is -2.44.